The van der Waals surface area contributed by atoms with E-state index in [1.165, 1.54) is 23.3 Å². The molecular formula is C6H8Cl3N2O3S+. The van der Waals surface area contributed by atoms with Gasteiger partial charge in [-0.05, 0) is 0 Å². The zero-order chi connectivity index (χ0) is 11.7. The van der Waals surface area contributed by atoms with Crippen molar-refractivity contribution < 1.29 is 17.2 Å². The fraction of sp³-hybridized carbons (Fsp3) is 0.500. The monoisotopic (exact) mass is 293 g/mol. The number of imidazole rings is 1. The van der Waals surface area contributed by atoms with E-state index in [-0.39, 0.29) is 0 Å². The highest BCUT2D eigenvalue weighted by molar-refractivity contribution is 7.85. The third-order valence-corrected chi connectivity index (χ3v) is 2.85. The van der Waals surface area contributed by atoms with Crippen LogP contribution in [0, 0.1) is 0 Å². The summed E-state index contributed by atoms with van der Waals surface area (Å²) in [5.41, 5.74) is 0. The Morgan fingerprint density at radius 1 is 1.47 bits per heavy atom. The van der Waals surface area contributed by atoms with E-state index in [1.807, 2.05) is 0 Å². The minimum absolute atomic E-state index is 0.540. The molecule has 0 aromatic carbocycles. The molecular weight excluding hydrogens is 287 g/mol. The Morgan fingerprint density at radius 2 is 2.07 bits per heavy atom. The van der Waals surface area contributed by atoms with Gasteiger partial charge in [0.2, 0.25) is 3.79 Å². The molecule has 0 unspecified atom stereocenters. The molecule has 0 amide bonds. The standard InChI is InChI=1S/C6H8Cl3N2O3S/c1-10-2-3-11(5-10)15(12,13)14-4-6(7,8)9/h2-3,5H,4H2,1H3/q+1. The number of halogens is 3. The molecule has 0 bridgehead atoms. The third-order valence-electron chi connectivity index (χ3n) is 1.37. The topological polar surface area (TPSA) is 52.2 Å². The van der Waals surface area contributed by atoms with Crippen molar-refractivity contribution >= 4 is 45.1 Å². The van der Waals surface area contributed by atoms with Crippen LogP contribution >= 0.6 is 34.8 Å². The summed E-state index contributed by atoms with van der Waals surface area (Å²) in [6.45, 7) is -0.540. The summed E-state index contributed by atoms with van der Waals surface area (Å²) in [4.78, 5) is 0. The molecule has 15 heavy (non-hydrogen) atoms. The third kappa shape index (κ3) is 4.16. The fourth-order valence-corrected chi connectivity index (χ4v) is 2.03. The lowest BCUT2D eigenvalue weighted by Gasteiger charge is -2.08. The summed E-state index contributed by atoms with van der Waals surface area (Å²) in [5.74, 6) is 0. The van der Waals surface area contributed by atoms with Gasteiger partial charge in [0, 0.05) is 0 Å². The Bertz CT molecular complexity index is 437. The van der Waals surface area contributed by atoms with Gasteiger partial charge in [-0.25, -0.2) is 8.75 Å². The van der Waals surface area contributed by atoms with E-state index in [4.69, 9.17) is 34.8 Å². The van der Waals surface area contributed by atoms with Gasteiger partial charge in [0.15, 0.2) is 0 Å². The molecule has 0 aliphatic carbocycles. The zero-order valence-electron chi connectivity index (χ0n) is 7.60. The molecule has 0 aliphatic heterocycles. The largest absolute Gasteiger partial charge is 0.442 e. The van der Waals surface area contributed by atoms with E-state index in [0.29, 0.717) is 0 Å². The number of aromatic nitrogens is 2. The average Bonchev–Trinajstić information content (AvgIpc) is 2.48. The molecule has 0 radical (unpaired) electrons. The highest BCUT2D eigenvalue weighted by Gasteiger charge is 2.28. The van der Waals surface area contributed by atoms with Crippen molar-refractivity contribution in [1.82, 2.24) is 3.97 Å². The fourth-order valence-electron chi connectivity index (χ4n) is 0.762. The van der Waals surface area contributed by atoms with Crippen LogP contribution in [0.1, 0.15) is 0 Å². The van der Waals surface area contributed by atoms with Crippen LogP contribution in [0.3, 0.4) is 0 Å². The van der Waals surface area contributed by atoms with Gasteiger partial charge in [-0.15, -0.1) is 3.97 Å². The van der Waals surface area contributed by atoms with Crippen LogP contribution in [0.5, 0.6) is 0 Å². The van der Waals surface area contributed by atoms with Crippen LogP contribution in [-0.4, -0.2) is 22.8 Å². The Morgan fingerprint density at radius 3 is 2.47 bits per heavy atom. The van der Waals surface area contributed by atoms with Crippen LogP contribution < -0.4 is 4.57 Å². The molecule has 86 valence electrons. The van der Waals surface area contributed by atoms with Crippen LogP contribution in [-0.2, 0) is 21.5 Å². The van der Waals surface area contributed by atoms with Gasteiger partial charge in [-0.3, -0.25) is 0 Å². The SMILES string of the molecule is C[n+]1ccn(S(=O)(=O)OCC(Cl)(Cl)Cl)c1. The van der Waals surface area contributed by atoms with E-state index in [2.05, 4.69) is 4.18 Å². The number of nitrogens with zero attached hydrogens (tertiary/aromatic N) is 2. The summed E-state index contributed by atoms with van der Waals surface area (Å²) in [6, 6.07) is 0. The minimum Gasteiger partial charge on any atom is -0.238 e. The molecule has 1 rings (SSSR count). The highest BCUT2D eigenvalue weighted by atomic mass is 35.6. The maximum absolute atomic E-state index is 11.4. The molecule has 0 fully saturated rings. The van der Waals surface area contributed by atoms with Crippen molar-refractivity contribution in [2.45, 2.75) is 3.79 Å². The molecule has 0 N–H and O–H groups in total. The lowest BCUT2D eigenvalue weighted by molar-refractivity contribution is -0.670. The van der Waals surface area contributed by atoms with E-state index < -0.39 is 20.7 Å². The summed E-state index contributed by atoms with van der Waals surface area (Å²) < 4.78 is 28.1. The van der Waals surface area contributed by atoms with E-state index in [9.17, 15) is 8.42 Å². The molecule has 0 atom stereocenters. The lowest BCUT2D eigenvalue weighted by atomic mass is 10.9. The van der Waals surface area contributed by atoms with E-state index >= 15 is 0 Å². The Hall–Kier alpha value is -0.0100. The van der Waals surface area contributed by atoms with Gasteiger partial charge < -0.3 is 0 Å². The molecule has 0 saturated carbocycles. The normalized spacial score (nSPS) is 13.1. The predicted octanol–water partition coefficient (Wildman–Crippen LogP) is 0.792. The summed E-state index contributed by atoms with van der Waals surface area (Å²) in [5, 5.41) is 0. The number of aryl methyl sites for hydroxylation is 1. The van der Waals surface area contributed by atoms with E-state index in [0.717, 1.165) is 3.97 Å². The predicted molar refractivity (Wildman–Crippen MR) is 56.2 cm³/mol. The first-order chi connectivity index (χ1) is 6.71. The molecule has 9 heteroatoms. The quantitative estimate of drug-likeness (QED) is 0.612. The smallest absolute Gasteiger partial charge is 0.238 e. The molecule has 0 aliphatic rings. The van der Waals surface area contributed by atoms with Crippen molar-refractivity contribution in [3.05, 3.63) is 18.7 Å². The number of alkyl halides is 3. The number of hydrogen-bond donors (Lipinski definition) is 0. The molecule has 1 heterocycles. The van der Waals surface area contributed by atoms with Crippen molar-refractivity contribution in [2.75, 3.05) is 6.61 Å². The molecule has 0 saturated heterocycles. The number of rotatable bonds is 3. The van der Waals surface area contributed by atoms with Crippen molar-refractivity contribution in [2.24, 2.45) is 7.05 Å². The lowest BCUT2D eigenvalue weighted by Crippen LogP contribution is -2.26. The number of hydrogen-bond acceptors (Lipinski definition) is 3. The molecule has 1 aromatic rings. The second kappa shape index (κ2) is 4.47. The van der Waals surface area contributed by atoms with Gasteiger partial charge in [-0.1, -0.05) is 34.8 Å². The minimum atomic E-state index is -3.93. The molecule has 0 spiro atoms. The maximum atomic E-state index is 11.4. The van der Waals surface area contributed by atoms with Gasteiger partial charge in [-0.2, -0.15) is 8.42 Å². The molecule has 5 nitrogen and oxygen atoms in total. The highest BCUT2D eigenvalue weighted by Crippen LogP contribution is 2.26. The first-order valence-electron chi connectivity index (χ1n) is 3.71. The Kier molecular flexibility index (Phi) is 3.89. The van der Waals surface area contributed by atoms with Crippen molar-refractivity contribution in [3.8, 4) is 0 Å². The van der Waals surface area contributed by atoms with Crippen molar-refractivity contribution in [1.29, 1.82) is 0 Å². The Labute approximate surface area is 102 Å². The van der Waals surface area contributed by atoms with Crippen molar-refractivity contribution in [3.63, 3.8) is 0 Å². The summed E-state index contributed by atoms with van der Waals surface area (Å²) >= 11 is 16.1. The zero-order valence-corrected chi connectivity index (χ0v) is 10.7. The van der Waals surface area contributed by atoms with Crippen LogP contribution in [0.25, 0.3) is 0 Å². The van der Waals surface area contributed by atoms with Gasteiger partial charge in [0.25, 0.3) is 6.33 Å². The summed E-state index contributed by atoms with van der Waals surface area (Å²) in [6.07, 6.45) is 4.16. The molecule has 1 aromatic heterocycles. The van der Waals surface area contributed by atoms with Gasteiger partial charge in [0.1, 0.15) is 19.0 Å². The first-order valence-corrected chi connectivity index (χ1v) is 6.20. The van der Waals surface area contributed by atoms with Crippen LogP contribution in [0.2, 0.25) is 0 Å². The second-order valence-electron chi connectivity index (χ2n) is 2.74. The van der Waals surface area contributed by atoms with Gasteiger partial charge >= 0.3 is 10.3 Å². The maximum Gasteiger partial charge on any atom is 0.442 e. The van der Waals surface area contributed by atoms with E-state index in [1.54, 1.807) is 7.05 Å². The van der Waals surface area contributed by atoms with Crippen LogP contribution in [0.4, 0.5) is 0 Å². The average molecular weight is 295 g/mol. The first kappa shape index (κ1) is 13.1. The Balaban J connectivity index is 2.77. The van der Waals surface area contributed by atoms with Gasteiger partial charge in [0.05, 0.1) is 7.05 Å². The second-order valence-corrected chi connectivity index (χ2v) is 6.77. The van der Waals surface area contributed by atoms with Crippen LogP contribution in [0.15, 0.2) is 18.7 Å². The summed E-state index contributed by atoms with van der Waals surface area (Å²) in [7, 11) is -2.26.